The largest absolute Gasteiger partial charge is 0.503 e. The summed E-state index contributed by atoms with van der Waals surface area (Å²) in [4.78, 5) is 13.8. The van der Waals surface area contributed by atoms with Crippen molar-refractivity contribution in [2.75, 3.05) is 18.1 Å². The number of rotatable bonds is 1. The lowest BCUT2D eigenvalue weighted by molar-refractivity contribution is 0.0975. The summed E-state index contributed by atoms with van der Waals surface area (Å²) >= 11 is 0. The fourth-order valence-electron chi connectivity index (χ4n) is 2.23. The third-order valence-electron chi connectivity index (χ3n) is 3.24. The van der Waals surface area contributed by atoms with Gasteiger partial charge in [-0.25, -0.2) is 8.78 Å². The highest BCUT2D eigenvalue weighted by molar-refractivity contribution is 6.07. The first-order valence-electron chi connectivity index (χ1n) is 6.29. The molecule has 0 radical (unpaired) electrons. The van der Waals surface area contributed by atoms with Crippen molar-refractivity contribution in [1.82, 2.24) is 0 Å². The van der Waals surface area contributed by atoms with Crippen LogP contribution >= 0.6 is 0 Å². The van der Waals surface area contributed by atoms with Gasteiger partial charge in [-0.05, 0) is 24.3 Å². The van der Waals surface area contributed by atoms with Gasteiger partial charge in [-0.2, -0.15) is 0 Å². The van der Waals surface area contributed by atoms with E-state index in [1.54, 1.807) is 24.3 Å². The Morgan fingerprint density at radius 3 is 2.57 bits per heavy atom. The van der Waals surface area contributed by atoms with Crippen molar-refractivity contribution in [3.05, 3.63) is 53.6 Å². The highest BCUT2D eigenvalue weighted by Gasteiger charge is 2.25. The Bertz CT molecular complexity index is 695. The number of phenolic OH excluding ortho intramolecular Hbond substituents is 1. The average molecular weight is 291 g/mol. The Morgan fingerprint density at radius 1 is 1.19 bits per heavy atom. The standard InChI is InChI=1S/C15H11F2NO3/c16-10-7-9(8-11(17)14(10)19)15(20)18-5-6-21-13-4-2-1-3-12(13)18/h1-4,7-8,19H,5-6H2. The zero-order chi connectivity index (χ0) is 15.0. The number of ether oxygens (including phenoxy) is 1. The zero-order valence-corrected chi connectivity index (χ0v) is 10.8. The number of halogens is 2. The van der Waals surface area contributed by atoms with E-state index in [-0.39, 0.29) is 12.1 Å². The molecule has 1 N–H and O–H groups in total. The maximum absolute atomic E-state index is 13.4. The molecule has 2 aromatic carbocycles. The molecule has 1 heterocycles. The fraction of sp³-hybridized carbons (Fsp3) is 0.133. The van der Waals surface area contributed by atoms with Crippen LogP contribution in [0.3, 0.4) is 0 Å². The normalized spacial score (nSPS) is 13.5. The predicted molar refractivity (Wildman–Crippen MR) is 71.6 cm³/mol. The van der Waals surface area contributed by atoms with Crippen LogP contribution in [0.25, 0.3) is 0 Å². The lowest BCUT2D eigenvalue weighted by atomic mass is 10.1. The predicted octanol–water partition coefficient (Wildman–Crippen LogP) is 2.71. The second-order valence-electron chi connectivity index (χ2n) is 4.56. The number of carbonyl (C=O) groups excluding carboxylic acids is 1. The molecule has 0 aromatic heterocycles. The van der Waals surface area contributed by atoms with Crippen LogP contribution in [0.1, 0.15) is 10.4 Å². The van der Waals surface area contributed by atoms with Gasteiger partial charge in [-0.3, -0.25) is 4.79 Å². The molecular formula is C15H11F2NO3. The Hall–Kier alpha value is -2.63. The SMILES string of the molecule is O=C(c1cc(F)c(O)c(F)c1)N1CCOc2ccccc21. The molecule has 108 valence electrons. The molecule has 1 amide bonds. The molecule has 21 heavy (non-hydrogen) atoms. The molecule has 0 bridgehead atoms. The summed E-state index contributed by atoms with van der Waals surface area (Å²) in [5, 5.41) is 9.09. The molecule has 1 aliphatic heterocycles. The first-order valence-corrected chi connectivity index (χ1v) is 6.29. The van der Waals surface area contributed by atoms with Crippen molar-refractivity contribution in [3.63, 3.8) is 0 Å². The Morgan fingerprint density at radius 2 is 1.86 bits per heavy atom. The number of carbonyl (C=O) groups is 1. The fourth-order valence-corrected chi connectivity index (χ4v) is 2.23. The summed E-state index contributed by atoms with van der Waals surface area (Å²) in [6.07, 6.45) is 0. The van der Waals surface area contributed by atoms with Gasteiger partial charge in [0.25, 0.3) is 5.91 Å². The molecular weight excluding hydrogens is 280 g/mol. The summed E-state index contributed by atoms with van der Waals surface area (Å²) in [6.45, 7) is 0.575. The van der Waals surface area contributed by atoms with Gasteiger partial charge >= 0.3 is 0 Å². The molecule has 2 aromatic rings. The summed E-state index contributed by atoms with van der Waals surface area (Å²) in [5.41, 5.74) is 0.377. The highest BCUT2D eigenvalue weighted by atomic mass is 19.1. The number of anilines is 1. The molecule has 0 spiro atoms. The molecule has 0 aliphatic carbocycles. The summed E-state index contributed by atoms with van der Waals surface area (Å²) in [5.74, 6) is -3.44. The highest BCUT2D eigenvalue weighted by Crippen LogP contribution is 2.32. The number of amides is 1. The van der Waals surface area contributed by atoms with E-state index >= 15 is 0 Å². The molecule has 1 aliphatic rings. The van der Waals surface area contributed by atoms with Gasteiger partial charge in [0.1, 0.15) is 12.4 Å². The third kappa shape index (κ3) is 2.29. The first kappa shape index (κ1) is 13.4. The van der Waals surface area contributed by atoms with Crippen LogP contribution in [0.4, 0.5) is 14.5 Å². The van der Waals surface area contributed by atoms with Crippen LogP contribution in [0.5, 0.6) is 11.5 Å². The van der Waals surface area contributed by atoms with Crippen LogP contribution in [0.2, 0.25) is 0 Å². The van der Waals surface area contributed by atoms with Crippen molar-refractivity contribution >= 4 is 11.6 Å². The van der Waals surface area contributed by atoms with E-state index in [1.165, 1.54) is 4.90 Å². The minimum absolute atomic E-state index is 0.167. The molecule has 0 saturated carbocycles. The van der Waals surface area contributed by atoms with Crippen LogP contribution in [0.15, 0.2) is 36.4 Å². The Kier molecular flexibility index (Phi) is 3.21. The number of fused-ring (bicyclic) bond motifs is 1. The van der Waals surface area contributed by atoms with Crippen molar-refractivity contribution in [2.45, 2.75) is 0 Å². The molecule has 0 unspecified atom stereocenters. The first-order chi connectivity index (χ1) is 10.1. The van der Waals surface area contributed by atoms with E-state index < -0.39 is 23.3 Å². The van der Waals surface area contributed by atoms with E-state index in [1.807, 2.05) is 0 Å². The van der Waals surface area contributed by atoms with Crippen LogP contribution in [-0.2, 0) is 0 Å². The van der Waals surface area contributed by atoms with E-state index in [0.717, 1.165) is 12.1 Å². The van der Waals surface area contributed by atoms with Gasteiger partial charge in [0.2, 0.25) is 0 Å². The summed E-state index contributed by atoms with van der Waals surface area (Å²) in [6, 6.07) is 8.56. The minimum atomic E-state index is -1.17. The van der Waals surface area contributed by atoms with Gasteiger partial charge in [-0.1, -0.05) is 12.1 Å². The van der Waals surface area contributed by atoms with E-state index in [9.17, 15) is 13.6 Å². The molecule has 0 fully saturated rings. The van der Waals surface area contributed by atoms with Gasteiger partial charge in [0, 0.05) is 5.56 Å². The van der Waals surface area contributed by atoms with Crippen LogP contribution < -0.4 is 9.64 Å². The van der Waals surface area contributed by atoms with Gasteiger partial charge in [-0.15, -0.1) is 0 Å². The lowest BCUT2D eigenvalue weighted by Crippen LogP contribution is -2.38. The number of phenols is 1. The maximum atomic E-state index is 13.4. The van der Waals surface area contributed by atoms with Crippen LogP contribution in [0, 0.1) is 11.6 Å². The smallest absolute Gasteiger partial charge is 0.258 e. The van der Waals surface area contributed by atoms with E-state index in [2.05, 4.69) is 0 Å². The summed E-state index contributed by atoms with van der Waals surface area (Å²) in [7, 11) is 0. The van der Waals surface area contributed by atoms with Crippen molar-refractivity contribution in [2.24, 2.45) is 0 Å². The molecule has 0 saturated heterocycles. The zero-order valence-electron chi connectivity index (χ0n) is 10.8. The lowest BCUT2D eigenvalue weighted by Gasteiger charge is -2.29. The minimum Gasteiger partial charge on any atom is -0.503 e. The van der Waals surface area contributed by atoms with Gasteiger partial charge < -0.3 is 14.7 Å². The molecule has 4 nitrogen and oxygen atoms in total. The summed E-state index contributed by atoms with van der Waals surface area (Å²) < 4.78 is 32.2. The number of para-hydroxylation sites is 2. The van der Waals surface area contributed by atoms with Crippen molar-refractivity contribution in [1.29, 1.82) is 0 Å². The van der Waals surface area contributed by atoms with E-state index in [4.69, 9.17) is 9.84 Å². The number of nitrogens with zero attached hydrogens (tertiary/aromatic N) is 1. The topological polar surface area (TPSA) is 49.8 Å². The molecule has 0 atom stereocenters. The maximum Gasteiger partial charge on any atom is 0.258 e. The number of benzene rings is 2. The quantitative estimate of drug-likeness (QED) is 0.879. The second-order valence-corrected chi connectivity index (χ2v) is 4.56. The number of aromatic hydroxyl groups is 1. The van der Waals surface area contributed by atoms with Crippen molar-refractivity contribution < 1.29 is 23.4 Å². The van der Waals surface area contributed by atoms with E-state index in [0.29, 0.717) is 18.0 Å². The average Bonchev–Trinajstić information content (AvgIpc) is 2.51. The Balaban J connectivity index is 2.00. The molecule has 3 rings (SSSR count). The van der Waals surface area contributed by atoms with Gasteiger partial charge in [0.15, 0.2) is 17.4 Å². The molecule has 6 heteroatoms. The number of hydrogen-bond donors (Lipinski definition) is 1. The third-order valence-corrected chi connectivity index (χ3v) is 3.24. The van der Waals surface area contributed by atoms with Crippen LogP contribution in [-0.4, -0.2) is 24.2 Å². The number of hydrogen-bond acceptors (Lipinski definition) is 3. The monoisotopic (exact) mass is 291 g/mol. The van der Waals surface area contributed by atoms with Gasteiger partial charge in [0.05, 0.1) is 12.2 Å². The van der Waals surface area contributed by atoms with Crippen molar-refractivity contribution in [3.8, 4) is 11.5 Å². The Labute approximate surface area is 119 Å². The second kappa shape index (κ2) is 5.05.